The molecule has 0 aliphatic heterocycles. The van der Waals surface area contributed by atoms with Gasteiger partial charge in [0, 0.05) is 29.4 Å². The van der Waals surface area contributed by atoms with E-state index in [1.165, 1.54) is 12.3 Å². The first-order chi connectivity index (χ1) is 9.45. The fraction of sp³-hybridized carbons (Fsp3) is 0.0769. The summed E-state index contributed by atoms with van der Waals surface area (Å²) >= 11 is 0. The molecular weight excluding hydrogens is 269 g/mol. The minimum Gasteiger partial charge on any atom is -0.382 e. The van der Waals surface area contributed by atoms with Crippen molar-refractivity contribution in [2.45, 2.75) is 6.18 Å². The predicted molar refractivity (Wildman–Crippen MR) is 68.7 cm³/mol. The van der Waals surface area contributed by atoms with Gasteiger partial charge in [-0.25, -0.2) is 0 Å². The van der Waals surface area contributed by atoms with Gasteiger partial charge in [-0.1, -0.05) is 12.1 Å². The summed E-state index contributed by atoms with van der Waals surface area (Å²) in [4.78, 5) is 3.65. The number of aromatic nitrogens is 3. The van der Waals surface area contributed by atoms with E-state index in [0.717, 1.165) is 6.20 Å². The molecule has 1 aromatic carbocycles. The molecule has 4 nitrogen and oxygen atoms in total. The molecule has 0 aliphatic carbocycles. The zero-order valence-corrected chi connectivity index (χ0v) is 10.1. The Labute approximate surface area is 111 Å². The van der Waals surface area contributed by atoms with Gasteiger partial charge in [-0.15, -0.1) is 0 Å². The maximum Gasteiger partial charge on any atom is 0.418 e. The van der Waals surface area contributed by atoms with E-state index in [9.17, 15) is 13.2 Å². The van der Waals surface area contributed by atoms with E-state index in [-0.39, 0.29) is 5.39 Å². The second-order valence-corrected chi connectivity index (χ2v) is 4.33. The summed E-state index contributed by atoms with van der Waals surface area (Å²) < 4.78 is 38.6. The first kappa shape index (κ1) is 12.5. The zero-order chi connectivity index (χ0) is 14.3. The van der Waals surface area contributed by atoms with Crippen LogP contribution in [0.5, 0.6) is 0 Å². The fourth-order valence-corrected chi connectivity index (χ4v) is 2.05. The first-order valence-corrected chi connectivity index (χ1v) is 5.71. The standard InChI is InChI=1S/C13H9F3N4/c14-13(15,16)10-6-18-5-8-3-7(1-2-9(8)10)11-4-12(17)20-19-11/h1-6H,(H3,17,19,20). The van der Waals surface area contributed by atoms with Crippen molar-refractivity contribution in [3.63, 3.8) is 0 Å². The molecule has 0 spiro atoms. The third-order valence-electron chi connectivity index (χ3n) is 2.97. The molecule has 2 aromatic heterocycles. The zero-order valence-electron chi connectivity index (χ0n) is 10.1. The number of rotatable bonds is 1. The van der Waals surface area contributed by atoms with Gasteiger partial charge in [-0.05, 0) is 11.5 Å². The number of aromatic amines is 1. The molecule has 0 fully saturated rings. The van der Waals surface area contributed by atoms with E-state index < -0.39 is 11.7 Å². The molecule has 0 amide bonds. The van der Waals surface area contributed by atoms with E-state index in [4.69, 9.17) is 5.73 Å². The van der Waals surface area contributed by atoms with Gasteiger partial charge in [0.15, 0.2) is 0 Å². The predicted octanol–water partition coefficient (Wildman–Crippen LogP) is 3.23. The number of halogens is 3. The molecule has 0 aliphatic rings. The van der Waals surface area contributed by atoms with E-state index >= 15 is 0 Å². The summed E-state index contributed by atoms with van der Waals surface area (Å²) in [6.07, 6.45) is -2.20. The number of anilines is 1. The third kappa shape index (κ3) is 2.07. The van der Waals surface area contributed by atoms with Gasteiger partial charge in [0.05, 0.1) is 11.3 Å². The van der Waals surface area contributed by atoms with Crippen molar-refractivity contribution in [1.82, 2.24) is 15.2 Å². The highest BCUT2D eigenvalue weighted by molar-refractivity contribution is 5.89. The van der Waals surface area contributed by atoms with Crippen LogP contribution in [0.25, 0.3) is 22.0 Å². The van der Waals surface area contributed by atoms with Crippen LogP contribution in [0.1, 0.15) is 5.56 Å². The molecule has 0 unspecified atom stereocenters. The minimum absolute atomic E-state index is 0.115. The van der Waals surface area contributed by atoms with Gasteiger partial charge in [0.2, 0.25) is 0 Å². The molecule has 2 heterocycles. The van der Waals surface area contributed by atoms with Crippen molar-refractivity contribution in [2.75, 3.05) is 5.73 Å². The van der Waals surface area contributed by atoms with Gasteiger partial charge < -0.3 is 5.73 Å². The summed E-state index contributed by atoms with van der Waals surface area (Å²) in [5, 5.41) is 7.02. The Morgan fingerprint density at radius 1 is 1.10 bits per heavy atom. The molecule has 0 bridgehead atoms. The monoisotopic (exact) mass is 278 g/mol. The molecule has 7 heteroatoms. The molecule has 20 heavy (non-hydrogen) atoms. The summed E-state index contributed by atoms with van der Waals surface area (Å²) in [6, 6.07) is 6.24. The highest BCUT2D eigenvalue weighted by Gasteiger charge is 2.32. The highest BCUT2D eigenvalue weighted by atomic mass is 19.4. The number of benzene rings is 1. The molecule has 102 valence electrons. The van der Waals surface area contributed by atoms with Gasteiger partial charge in [-0.2, -0.15) is 18.3 Å². The van der Waals surface area contributed by atoms with Crippen LogP contribution in [0.4, 0.5) is 19.0 Å². The van der Waals surface area contributed by atoms with Gasteiger partial charge >= 0.3 is 6.18 Å². The van der Waals surface area contributed by atoms with Crippen molar-refractivity contribution in [1.29, 1.82) is 0 Å². The fourth-order valence-electron chi connectivity index (χ4n) is 2.05. The first-order valence-electron chi connectivity index (χ1n) is 5.71. The maximum absolute atomic E-state index is 12.9. The van der Waals surface area contributed by atoms with Crippen molar-refractivity contribution < 1.29 is 13.2 Å². The molecule has 0 atom stereocenters. The summed E-state index contributed by atoms with van der Waals surface area (Å²) in [6.45, 7) is 0. The lowest BCUT2D eigenvalue weighted by atomic mass is 10.0. The lowest BCUT2D eigenvalue weighted by molar-refractivity contribution is -0.136. The number of hydrogen-bond donors (Lipinski definition) is 2. The number of nitrogens with zero attached hydrogens (tertiary/aromatic N) is 2. The Balaban J connectivity index is 2.18. The molecule has 0 radical (unpaired) electrons. The van der Waals surface area contributed by atoms with Crippen molar-refractivity contribution in [3.8, 4) is 11.3 Å². The normalized spacial score (nSPS) is 11.9. The SMILES string of the molecule is Nc1cc(-c2ccc3c(C(F)(F)F)cncc3c2)[nH]n1. The van der Waals surface area contributed by atoms with Crippen LogP contribution in [0, 0.1) is 0 Å². The maximum atomic E-state index is 12.9. The number of nitrogen functional groups attached to an aromatic ring is 1. The smallest absolute Gasteiger partial charge is 0.382 e. The molecule has 3 aromatic rings. The topological polar surface area (TPSA) is 67.6 Å². The Hall–Kier alpha value is -2.57. The van der Waals surface area contributed by atoms with Crippen LogP contribution in [0.15, 0.2) is 36.7 Å². The van der Waals surface area contributed by atoms with E-state index in [0.29, 0.717) is 22.5 Å². The lowest BCUT2D eigenvalue weighted by Crippen LogP contribution is -2.06. The van der Waals surface area contributed by atoms with Crippen LogP contribution in [0.2, 0.25) is 0 Å². The van der Waals surface area contributed by atoms with Gasteiger partial charge in [0.25, 0.3) is 0 Å². The van der Waals surface area contributed by atoms with Gasteiger partial charge in [-0.3, -0.25) is 10.1 Å². The number of hydrogen-bond acceptors (Lipinski definition) is 3. The minimum atomic E-state index is -4.42. The van der Waals surface area contributed by atoms with E-state index in [1.807, 2.05) is 0 Å². The number of H-pyrrole nitrogens is 1. The average Bonchev–Trinajstić information content (AvgIpc) is 2.83. The van der Waals surface area contributed by atoms with Crippen molar-refractivity contribution in [2.24, 2.45) is 0 Å². The summed E-state index contributed by atoms with van der Waals surface area (Å²) in [7, 11) is 0. The third-order valence-corrected chi connectivity index (χ3v) is 2.97. The second-order valence-electron chi connectivity index (χ2n) is 4.33. The number of nitrogens with one attached hydrogen (secondary N) is 1. The van der Waals surface area contributed by atoms with E-state index in [2.05, 4.69) is 15.2 Å². The number of pyridine rings is 1. The quantitative estimate of drug-likeness (QED) is 0.718. The highest BCUT2D eigenvalue weighted by Crippen LogP contribution is 2.35. The van der Waals surface area contributed by atoms with Crippen molar-refractivity contribution >= 4 is 16.6 Å². The van der Waals surface area contributed by atoms with Crippen LogP contribution < -0.4 is 5.73 Å². The Morgan fingerprint density at radius 3 is 2.55 bits per heavy atom. The van der Waals surface area contributed by atoms with Crippen LogP contribution in [-0.2, 0) is 6.18 Å². The summed E-state index contributed by atoms with van der Waals surface area (Å²) in [5.74, 6) is 0.322. The number of alkyl halides is 3. The number of nitrogens with two attached hydrogens (primary N) is 1. The Kier molecular flexibility index (Phi) is 2.63. The van der Waals surface area contributed by atoms with Crippen LogP contribution in [0.3, 0.4) is 0 Å². The summed E-state index contributed by atoms with van der Waals surface area (Å²) in [5.41, 5.74) is 6.10. The van der Waals surface area contributed by atoms with Crippen molar-refractivity contribution in [3.05, 3.63) is 42.2 Å². The Morgan fingerprint density at radius 2 is 1.90 bits per heavy atom. The van der Waals surface area contributed by atoms with Crippen LogP contribution >= 0.6 is 0 Å². The second kappa shape index (κ2) is 4.22. The molecular formula is C13H9F3N4. The van der Waals surface area contributed by atoms with Crippen LogP contribution in [-0.4, -0.2) is 15.2 Å². The molecule has 0 saturated heterocycles. The average molecular weight is 278 g/mol. The molecule has 3 rings (SSSR count). The molecule has 3 N–H and O–H groups in total. The van der Waals surface area contributed by atoms with Gasteiger partial charge in [0.1, 0.15) is 5.82 Å². The molecule has 0 saturated carbocycles. The Bertz CT molecular complexity index is 777. The number of fused-ring (bicyclic) bond motifs is 1. The largest absolute Gasteiger partial charge is 0.418 e. The lowest BCUT2D eigenvalue weighted by Gasteiger charge is -2.10. The van der Waals surface area contributed by atoms with E-state index in [1.54, 1.807) is 18.2 Å².